The van der Waals surface area contributed by atoms with Gasteiger partial charge in [-0.15, -0.1) is 0 Å². The van der Waals surface area contributed by atoms with E-state index in [2.05, 4.69) is 552 Å². The van der Waals surface area contributed by atoms with Gasteiger partial charge in [0.25, 0.3) is 0 Å². The molecule has 0 atom stereocenters. The van der Waals surface area contributed by atoms with Crippen LogP contribution in [0.25, 0.3) is 296 Å². The molecule has 0 bridgehead atoms. The molecular weight excluding hydrogens is 1810 g/mol. The normalized spacial score (nSPS) is 11.6. The summed E-state index contributed by atoms with van der Waals surface area (Å²) in [6.07, 6.45) is 0. The maximum absolute atomic E-state index is 6.35. The number of rotatable bonds is 13. The fourth-order valence-electron chi connectivity index (χ4n) is 23.8. The monoisotopic (exact) mass is 1900 g/mol. The third-order valence-electron chi connectivity index (χ3n) is 30.8. The third kappa shape index (κ3) is 15.6. The maximum atomic E-state index is 6.35. The Labute approximate surface area is 868 Å². The molecule has 2 heterocycles. The van der Waals surface area contributed by atoms with Gasteiger partial charge in [-0.3, -0.25) is 0 Å². The summed E-state index contributed by atoms with van der Waals surface area (Å²) >= 11 is 0. The number of fused-ring (bicyclic) bond motifs is 16. The van der Waals surface area contributed by atoms with Gasteiger partial charge in [0.1, 0.15) is 22.3 Å². The largest absolute Gasteiger partial charge is 0.456 e. The second-order valence-electron chi connectivity index (χ2n) is 39.3. The van der Waals surface area contributed by atoms with E-state index in [1.165, 1.54) is 236 Å². The van der Waals surface area contributed by atoms with Crippen molar-refractivity contribution in [1.29, 1.82) is 0 Å². The van der Waals surface area contributed by atoms with Crippen molar-refractivity contribution < 1.29 is 8.83 Å². The number of benzene rings is 28. The zero-order chi connectivity index (χ0) is 99.1. The van der Waals surface area contributed by atoms with Gasteiger partial charge in [0.05, 0.1) is 0 Å². The molecule has 0 aliphatic rings. The topological polar surface area (TPSA) is 26.3 Å². The molecule has 0 radical (unpaired) electrons. The van der Waals surface area contributed by atoms with E-state index in [4.69, 9.17) is 8.83 Å². The smallest absolute Gasteiger partial charge is 0.136 e. The van der Waals surface area contributed by atoms with Gasteiger partial charge in [-0.25, -0.2) is 0 Å². The third-order valence-corrected chi connectivity index (χ3v) is 30.8. The summed E-state index contributed by atoms with van der Waals surface area (Å²) in [5.41, 5.74) is 35.5. The predicted molar refractivity (Wildman–Crippen MR) is 640 cm³/mol. The van der Waals surface area contributed by atoms with Gasteiger partial charge in [0.15, 0.2) is 0 Å². The Balaban J connectivity index is 0.000000109. The highest BCUT2D eigenvalue weighted by Gasteiger charge is 2.26. The molecule has 150 heavy (non-hydrogen) atoms. The Bertz CT molecular complexity index is 10500. The van der Waals surface area contributed by atoms with Crippen LogP contribution in [0.5, 0.6) is 0 Å². The summed E-state index contributed by atoms with van der Waals surface area (Å²) in [4.78, 5) is 0. The SMILES string of the molecule is c1ccc(-c2ccc3c(-c4ccc(-c5cccc6ccccc56)cc4)c4cc(-c5ccccc5)ccc4c(-c4ccccc4)c3c2)cc1.c1ccc(-c2ccc3c(-c4cccc5c(-c6ccc7ccccc7c6)cccc45)c4ccccc4c(-c4ccccc4)c3c2)cc1.c1ccc2c(-c3c4ccccc4c(-c4ccc(-c5ccc6c(c5)oc5ccccc56)cc4)c4ccc(-c5cccc6oc7ccccc7c56)cc34)cccc2c1. The van der Waals surface area contributed by atoms with Crippen molar-refractivity contribution in [2.24, 2.45) is 0 Å². The van der Waals surface area contributed by atoms with Crippen LogP contribution in [0.1, 0.15) is 0 Å². The quantitative estimate of drug-likeness (QED) is 0.108. The summed E-state index contributed by atoms with van der Waals surface area (Å²) in [6.45, 7) is 0. The Morgan fingerprint density at radius 2 is 0.347 bits per heavy atom. The number of para-hydroxylation sites is 2. The summed E-state index contributed by atoms with van der Waals surface area (Å²) in [5.74, 6) is 0. The number of furan rings is 2. The van der Waals surface area contributed by atoms with E-state index in [1.54, 1.807) is 0 Å². The summed E-state index contributed by atoms with van der Waals surface area (Å²) < 4.78 is 12.6. The van der Waals surface area contributed by atoms with Crippen LogP contribution in [-0.4, -0.2) is 0 Å². The van der Waals surface area contributed by atoms with Crippen molar-refractivity contribution in [3.05, 3.63) is 570 Å². The fourth-order valence-corrected chi connectivity index (χ4v) is 23.8. The number of hydrogen-bond acceptors (Lipinski definition) is 2. The Morgan fingerprint density at radius 3 is 0.867 bits per heavy atom. The first-order valence-corrected chi connectivity index (χ1v) is 51.7. The minimum atomic E-state index is 0.900. The molecule has 2 aromatic heterocycles. The van der Waals surface area contributed by atoms with Gasteiger partial charge in [-0.1, -0.05) is 510 Å². The van der Waals surface area contributed by atoms with E-state index in [1.807, 2.05) is 18.2 Å². The van der Waals surface area contributed by atoms with Crippen LogP contribution in [0.2, 0.25) is 0 Å². The highest BCUT2D eigenvalue weighted by Crippen LogP contribution is 2.53. The first-order valence-electron chi connectivity index (χ1n) is 51.7. The molecule has 2 heteroatoms. The molecule has 30 aromatic rings. The molecule has 0 aliphatic carbocycles. The standard InChI is InChI=1S/C54H32O2.C48H32.C46H30/c1-2-13-38-34(11-1)12-9-19-42(38)53-44-16-4-3-15-43(44)52(35-25-23-33(24-26-35)36-27-29-41-40-14-5-7-20-48(40)56-51(41)32-36)45-30-28-37(31-47(45)53)39-18-10-22-50-54(39)46-17-6-8-21-49(46)55-50;1-4-13-33(14-5-1)39-28-30-44-45(31-39)47(37-18-8-3-9-19-37)43-29-27-40(34-15-6-2-7-16-34)32-46(43)48(44)38-25-23-36(24-26-38)42-22-12-20-35-17-10-11-21-41(35)42;1-3-13-31(14-4-1)35-27-28-43-44(30-35)45(33-16-5-2-6-17-33)41-19-9-10-20-42(41)46(43)40-24-12-22-38-37(21-11-23-39(38)40)36-26-25-32-15-7-8-18-34(32)29-36/h1-32H;1-32H;1-30H. The van der Waals surface area contributed by atoms with Crippen molar-refractivity contribution in [2.75, 3.05) is 0 Å². The zero-order valence-corrected chi connectivity index (χ0v) is 82.1. The van der Waals surface area contributed by atoms with Gasteiger partial charge in [-0.2, -0.15) is 0 Å². The first-order chi connectivity index (χ1) is 74.4. The molecule has 0 saturated heterocycles. The molecule has 0 aliphatic heterocycles. The van der Waals surface area contributed by atoms with E-state index in [-0.39, 0.29) is 0 Å². The lowest BCUT2D eigenvalue weighted by Gasteiger charge is -2.20. The lowest BCUT2D eigenvalue weighted by Crippen LogP contribution is -1.93. The van der Waals surface area contributed by atoms with Crippen LogP contribution in [-0.2, 0) is 0 Å². The molecule has 0 N–H and O–H groups in total. The molecule has 0 fully saturated rings. The summed E-state index contributed by atoms with van der Waals surface area (Å²) in [7, 11) is 0. The van der Waals surface area contributed by atoms with E-state index in [0.29, 0.717) is 0 Å². The Hall–Kier alpha value is -19.6. The molecule has 0 saturated carbocycles. The van der Waals surface area contributed by atoms with E-state index >= 15 is 0 Å². The average molecular weight is 1900 g/mol. The van der Waals surface area contributed by atoms with Crippen molar-refractivity contribution in [3.63, 3.8) is 0 Å². The molecule has 698 valence electrons. The van der Waals surface area contributed by atoms with Crippen LogP contribution in [0, 0.1) is 0 Å². The van der Waals surface area contributed by atoms with Crippen LogP contribution in [0.4, 0.5) is 0 Å². The van der Waals surface area contributed by atoms with Crippen molar-refractivity contribution in [1.82, 2.24) is 0 Å². The molecular formula is C148H94O2. The maximum Gasteiger partial charge on any atom is 0.136 e. The molecule has 30 rings (SSSR count). The highest BCUT2D eigenvalue weighted by atomic mass is 16.3. The minimum absolute atomic E-state index is 0.900. The van der Waals surface area contributed by atoms with Crippen LogP contribution in [0.15, 0.2) is 579 Å². The highest BCUT2D eigenvalue weighted by molar-refractivity contribution is 6.28. The molecule has 0 spiro atoms. The Morgan fingerprint density at radius 1 is 0.0933 bits per heavy atom. The van der Waals surface area contributed by atoms with E-state index < -0.39 is 0 Å². The first kappa shape index (κ1) is 88.1. The Kier molecular flexibility index (Phi) is 22.0. The minimum Gasteiger partial charge on any atom is -0.456 e. The molecule has 0 unspecified atom stereocenters. The van der Waals surface area contributed by atoms with Crippen molar-refractivity contribution in [2.45, 2.75) is 0 Å². The lowest BCUT2D eigenvalue weighted by molar-refractivity contribution is 0.668. The second-order valence-corrected chi connectivity index (χ2v) is 39.3. The van der Waals surface area contributed by atoms with E-state index in [9.17, 15) is 0 Å². The predicted octanol–water partition coefficient (Wildman–Crippen LogP) is 42.1. The fraction of sp³-hybridized carbons (Fsp3) is 0. The zero-order valence-electron chi connectivity index (χ0n) is 82.1. The molecule has 0 amide bonds. The van der Waals surface area contributed by atoms with Gasteiger partial charge < -0.3 is 8.83 Å². The van der Waals surface area contributed by atoms with E-state index in [0.717, 1.165) is 60.6 Å². The van der Waals surface area contributed by atoms with Gasteiger partial charge in [0.2, 0.25) is 0 Å². The molecule has 2 nitrogen and oxygen atoms in total. The average Bonchev–Trinajstić information content (AvgIpc) is 0.873. The summed E-state index contributed by atoms with van der Waals surface area (Å²) in [5, 5.41) is 29.6. The van der Waals surface area contributed by atoms with Crippen molar-refractivity contribution in [3.8, 4) is 145 Å². The van der Waals surface area contributed by atoms with Gasteiger partial charge in [-0.05, 0) is 313 Å². The van der Waals surface area contributed by atoms with Crippen molar-refractivity contribution >= 4 is 152 Å². The number of hydrogen-bond donors (Lipinski definition) is 0. The molecule has 28 aromatic carbocycles. The van der Waals surface area contributed by atoms with Crippen LogP contribution >= 0.6 is 0 Å². The van der Waals surface area contributed by atoms with Crippen LogP contribution in [0.3, 0.4) is 0 Å². The lowest BCUT2D eigenvalue weighted by atomic mass is 9.83. The summed E-state index contributed by atoms with van der Waals surface area (Å²) in [6, 6.07) is 207. The van der Waals surface area contributed by atoms with Gasteiger partial charge >= 0.3 is 0 Å². The van der Waals surface area contributed by atoms with Crippen LogP contribution < -0.4 is 0 Å². The second kappa shape index (κ2) is 37.5. The van der Waals surface area contributed by atoms with Gasteiger partial charge in [0, 0.05) is 21.5 Å².